The van der Waals surface area contributed by atoms with Crippen LogP contribution in [0, 0.1) is 0 Å². The van der Waals surface area contributed by atoms with Gasteiger partial charge in [0.25, 0.3) is 0 Å². The quantitative estimate of drug-likeness (QED) is 0.0320. The number of aliphatic hydroxyl groups is 2. The Kier molecular flexibility index (Phi) is 66.9. The van der Waals surface area contributed by atoms with Crippen molar-refractivity contribution in [2.45, 2.75) is 424 Å². The molecule has 464 valence electrons. The molecule has 0 aromatic carbocycles. The first-order valence-corrected chi connectivity index (χ1v) is 35.9. The molecule has 0 heterocycles. The van der Waals surface area contributed by atoms with Crippen molar-refractivity contribution in [2.24, 2.45) is 0 Å². The number of carbonyl (C=O) groups is 2. The topological polar surface area (TPSA) is 95.9 Å². The van der Waals surface area contributed by atoms with Crippen LogP contribution in [0.4, 0.5) is 0 Å². The summed E-state index contributed by atoms with van der Waals surface area (Å²) in [5, 5.41) is 23.3. The monoisotopic (exact) mass is 1100 g/mol. The van der Waals surface area contributed by atoms with E-state index in [0.717, 1.165) is 38.5 Å². The van der Waals surface area contributed by atoms with Crippen LogP contribution < -0.4 is 5.32 Å². The third kappa shape index (κ3) is 63.8. The molecule has 1 amide bonds. The highest BCUT2D eigenvalue weighted by Crippen LogP contribution is 2.19. The number of hydrogen-bond acceptors (Lipinski definition) is 5. The van der Waals surface area contributed by atoms with Gasteiger partial charge in [-0.3, -0.25) is 9.59 Å². The summed E-state index contributed by atoms with van der Waals surface area (Å²) in [6, 6.07) is -0.537. The summed E-state index contributed by atoms with van der Waals surface area (Å²) in [6.07, 6.45) is 84.2. The number of allylic oxidation sites excluding steroid dienone is 2. The molecular weight excluding hydrogens is 959 g/mol. The van der Waals surface area contributed by atoms with E-state index in [-0.39, 0.29) is 18.5 Å². The van der Waals surface area contributed by atoms with Gasteiger partial charge in [-0.05, 0) is 51.4 Å². The Morgan fingerprint density at radius 1 is 0.346 bits per heavy atom. The molecule has 0 fully saturated rings. The summed E-state index contributed by atoms with van der Waals surface area (Å²) < 4.78 is 5.48. The van der Waals surface area contributed by atoms with Crippen LogP contribution in [0.5, 0.6) is 0 Å². The molecule has 0 aliphatic carbocycles. The highest BCUT2D eigenvalue weighted by molar-refractivity contribution is 5.76. The maximum absolute atomic E-state index is 12.5. The van der Waals surface area contributed by atoms with E-state index < -0.39 is 12.1 Å². The minimum atomic E-state index is -0.660. The van der Waals surface area contributed by atoms with Gasteiger partial charge in [-0.25, -0.2) is 0 Å². The van der Waals surface area contributed by atoms with Gasteiger partial charge in [-0.1, -0.05) is 360 Å². The van der Waals surface area contributed by atoms with Crippen LogP contribution >= 0.6 is 0 Å². The summed E-state index contributed by atoms with van der Waals surface area (Å²) in [6.45, 7) is 4.99. The minimum Gasteiger partial charge on any atom is -0.466 e. The number of nitrogens with one attached hydrogen (secondary N) is 1. The Labute approximate surface area is 489 Å². The Hall–Kier alpha value is -1.40. The molecular formula is C72H141NO5. The summed E-state index contributed by atoms with van der Waals surface area (Å²) in [5.74, 6) is -0.00668. The summed E-state index contributed by atoms with van der Waals surface area (Å²) in [7, 11) is 0. The predicted octanol–water partition coefficient (Wildman–Crippen LogP) is 23.1. The van der Waals surface area contributed by atoms with Gasteiger partial charge in [0, 0.05) is 12.8 Å². The molecule has 0 bridgehead atoms. The number of esters is 1. The van der Waals surface area contributed by atoms with Crippen molar-refractivity contribution < 1.29 is 24.5 Å². The third-order valence-electron chi connectivity index (χ3n) is 17.1. The largest absolute Gasteiger partial charge is 0.466 e. The lowest BCUT2D eigenvalue weighted by Crippen LogP contribution is -2.45. The van der Waals surface area contributed by atoms with Gasteiger partial charge in [0.15, 0.2) is 0 Å². The lowest BCUT2D eigenvalue weighted by molar-refractivity contribution is -0.143. The number of hydrogen-bond donors (Lipinski definition) is 3. The van der Waals surface area contributed by atoms with Crippen LogP contribution in [-0.4, -0.2) is 47.4 Å². The van der Waals surface area contributed by atoms with Crippen molar-refractivity contribution in [1.29, 1.82) is 0 Å². The maximum Gasteiger partial charge on any atom is 0.305 e. The molecule has 0 radical (unpaired) electrons. The number of aliphatic hydroxyl groups excluding tert-OH is 2. The van der Waals surface area contributed by atoms with E-state index >= 15 is 0 Å². The fraction of sp³-hybridized carbons (Fsp3) is 0.944. The van der Waals surface area contributed by atoms with Crippen molar-refractivity contribution in [2.75, 3.05) is 13.2 Å². The van der Waals surface area contributed by atoms with E-state index in [1.54, 1.807) is 0 Å². The van der Waals surface area contributed by atoms with E-state index in [9.17, 15) is 19.8 Å². The van der Waals surface area contributed by atoms with Gasteiger partial charge in [-0.15, -0.1) is 0 Å². The average Bonchev–Trinajstić information content (AvgIpc) is 3.44. The third-order valence-corrected chi connectivity index (χ3v) is 17.1. The van der Waals surface area contributed by atoms with Gasteiger partial charge in [0.2, 0.25) is 5.91 Å². The zero-order chi connectivity index (χ0) is 56.4. The molecule has 0 aliphatic rings. The summed E-state index contributed by atoms with van der Waals surface area (Å²) in [5.41, 5.74) is 0. The lowest BCUT2D eigenvalue weighted by atomic mass is 10.0. The van der Waals surface area contributed by atoms with E-state index in [1.807, 2.05) is 0 Å². The van der Waals surface area contributed by atoms with Crippen LogP contribution in [0.15, 0.2) is 12.2 Å². The Balaban J connectivity index is 3.32. The average molecular weight is 1100 g/mol. The lowest BCUT2D eigenvalue weighted by Gasteiger charge is -2.22. The van der Waals surface area contributed by atoms with E-state index in [4.69, 9.17) is 4.74 Å². The van der Waals surface area contributed by atoms with E-state index in [1.165, 1.54) is 340 Å². The number of amides is 1. The molecule has 0 rings (SSSR count). The fourth-order valence-electron chi connectivity index (χ4n) is 11.6. The molecule has 6 nitrogen and oxygen atoms in total. The zero-order valence-electron chi connectivity index (χ0n) is 53.2. The smallest absolute Gasteiger partial charge is 0.305 e. The molecule has 3 N–H and O–H groups in total. The molecule has 6 heteroatoms. The van der Waals surface area contributed by atoms with Crippen molar-refractivity contribution in [3.05, 3.63) is 12.2 Å². The molecule has 78 heavy (non-hydrogen) atoms. The Bertz CT molecular complexity index is 1180. The second kappa shape index (κ2) is 68.1. The van der Waals surface area contributed by atoms with Gasteiger partial charge in [-0.2, -0.15) is 0 Å². The summed E-state index contributed by atoms with van der Waals surface area (Å²) >= 11 is 0. The highest BCUT2D eigenvalue weighted by atomic mass is 16.5. The number of rotatable bonds is 68. The van der Waals surface area contributed by atoms with Crippen LogP contribution in [0.1, 0.15) is 412 Å². The van der Waals surface area contributed by atoms with Gasteiger partial charge in [0.05, 0.1) is 25.4 Å². The SMILES string of the molecule is CCCCCCCCCCCCCCCCC(O)C(CO)NC(=O)CCCCCCCCCCCCCCCCCCC/C=C\CCCCCCCCCCCCCCCCOC(=O)CCCCCCCCCCCCCC. The normalized spacial score (nSPS) is 12.5. The van der Waals surface area contributed by atoms with Gasteiger partial charge >= 0.3 is 5.97 Å². The van der Waals surface area contributed by atoms with Crippen molar-refractivity contribution in [1.82, 2.24) is 5.32 Å². The first-order valence-electron chi connectivity index (χ1n) is 35.9. The number of unbranched alkanes of at least 4 members (excludes halogenated alkanes) is 55. The molecule has 0 aromatic rings. The second-order valence-corrected chi connectivity index (χ2v) is 24.9. The molecule has 0 saturated heterocycles. The van der Waals surface area contributed by atoms with Crippen LogP contribution in [0.3, 0.4) is 0 Å². The first-order chi connectivity index (χ1) is 38.5. The number of carbonyl (C=O) groups excluding carboxylic acids is 2. The van der Waals surface area contributed by atoms with Gasteiger partial charge in [0.1, 0.15) is 0 Å². The summed E-state index contributed by atoms with van der Waals surface area (Å²) in [4.78, 5) is 24.5. The Morgan fingerprint density at radius 2 is 0.603 bits per heavy atom. The molecule has 0 aromatic heterocycles. The molecule has 2 atom stereocenters. The van der Waals surface area contributed by atoms with Crippen LogP contribution in [-0.2, 0) is 14.3 Å². The Morgan fingerprint density at radius 3 is 0.910 bits per heavy atom. The van der Waals surface area contributed by atoms with Crippen LogP contribution in [0.25, 0.3) is 0 Å². The maximum atomic E-state index is 12.5. The van der Waals surface area contributed by atoms with Crippen molar-refractivity contribution in [3.8, 4) is 0 Å². The predicted molar refractivity (Wildman–Crippen MR) is 343 cm³/mol. The van der Waals surface area contributed by atoms with E-state index in [0.29, 0.717) is 25.9 Å². The second-order valence-electron chi connectivity index (χ2n) is 24.9. The molecule has 0 aliphatic heterocycles. The molecule has 0 saturated carbocycles. The van der Waals surface area contributed by atoms with Crippen molar-refractivity contribution >= 4 is 11.9 Å². The zero-order valence-corrected chi connectivity index (χ0v) is 53.2. The minimum absolute atomic E-state index is 0.0217. The van der Waals surface area contributed by atoms with Gasteiger partial charge < -0.3 is 20.3 Å². The van der Waals surface area contributed by atoms with E-state index in [2.05, 4.69) is 31.3 Å². The first kappa shape index (κ1) is 76.6. The van der Waals surface area contributed by atoms with Crippen molar-refractivity contribution in [3.63, 3.8) is 0 Å². The highest BCUT2D eigenvalue weighted by Gasteiger charge is 2.20. The fourth-order valence-corrected chi connectivity index (χ4v) is 11.6. The molecule has 0 spiro atoms. The standard InChI is InChI=1S/C72H141NO5/c1-3-5-7-9-11-13-15-17-41-44-48-52-56-60-64-70(75)69(68-74)73-71(76)65-61-57-53-49-45-42-39-37-35-33-31-29-27-25-23-21-19-18-20-22-24-26-28-30-32-34-36-38-40-43-47-51-55-59-63-67-78-72(77)66-62-58-54-50-46-16-14-12-10-8-6-4-2/h20,22,69-70,74-75H,3-19,21,23-68H2,1-2H3,(H,73,76)/b22-20-. The number of ether oxygens (including phenoxy) is 1. The molecule has 2 unspecified atom stereocenters. The van der Waals surface area contributed by atoms with Crippen LogP contribution in [0.2, 0.25) is 0 Å².